The van der Waals surface area contributed by atoms with Crippen LogP contribution in [0.25, 0.3) is 10.9 Å². The first-order valence-corrected chi connectivity index (χ1v) is 9.97. The molecule has 3 aromatic rings. The van der Waals surface area contributed by atoms with Crippen LogP contribution in [0.4, 0.5) is 19.0 Å². The van der Waals surface area contributed by atoms with E-state index in [4.69, 9.17) is 5.73 Å². The molecular weight excluding hydrogens is 405 g/mol. The van der Waals surface area contributed by atoms with Crippen LogP contribution in [-0.2, 0) is 12.7 Å². The van der Waals surface area contributed by atoms with Crippen LogP contribution in [0.1, 0.15) is 48.0 Å². The number of rotatable bonds is 5. The van der Waals surface area contributed by atoms with Crippen molar-refractivity contribution >= 4 is 22.6 Å². The van der Waals surface area contributed by atoms with Gasteiger partial charge in [-0.25, -0.2) is 4.98 Å². The zero-order valence-corrected chi connectivity index (χ0v) is 17.9. The van der Waals surface area contributed by atoms with Gasteiger partial charge in [0.05, 0.1) is 23.3 Å². The van der Waals surface area contributed by atoms with E-state index in [-0.39, 0.29) is 24.4 Å². The highest BCUT2D eigenvalue weighted by Crippen LogP contribution is 2.29. The monoisotopic (exact) mass is 430 g/mol. The summed E-state index contributed by atoms with van der Waals surface area (Å²) in [6, 6.07) is 9.21. The summed E-state index contributed by atoms with van der Waals surface area (Å²) < 4.78 is 38.5. The molecule has 0 saturated heterocycles. The van der Waals surface area contributed by atoms with Crippen molar-refractivity contribution in [1.82, 2.24) is 14.9 Å². The summed E-state index contributed by atoms with van der Waals surface area (Å²) in [7, 11) is 0. The van der Waals surface area contributed by atoms with E-state index < -0.39 is 11.7 Å². The lowest BCUT2D eigenvalue weighted by Crippen LogP contribution is -2.41. The number of halogens is 3. The topological polar surface area (TPSA) is 72.1 Å². The van der Waals surface area contributed by atoms with Crippen molar-refractivity contribution in [2.75, 3.05) is 5.73 Å². The summed E-state index contributed by atoms with van der Waals surface area (Å²) in [6.45, 7) is 7.84. The van der Waals surface area contributed by atoms with E-state index in [1.807, 2.05) is 33.8 Å². The highest BCUT2D eigenvalue weighted by atomic mass is 19.4. The van der Waals surface area contributed by atoms with Crippen LogP contribution in [0.5, 0.6) is 0 Å². The molecule has 3 rings (SSSR count). The summed E-state index contributed by atoms with van der Waals surface area (Å²) >= 11 is 0. The fraction of sp³-hybridized carbons (Fsp3) is 0.348. The van der Waals surface area contributed by atoms with Gasteiger partial charge >= 0.3 is 6.18 Å². The van der Waals surface area contributed by atoms with Gasteiger partial charge in [-0.05, 0) is 61.7 Å². The highest BCUT2D eigenvalue weighted by molar-refractivity contribution is 5.98. The molecule has 2 aromatic heterocycles. The molecule has 5 nitrogen and oxygen atoms in total. The van der Waals surface area contributed by atoms with Crippen molar-refractivity contribution in [3.05, 3.63) is 65.0 Å². The second kappa shape index (κ2) is 8.53. The molecule has 0 unspecified atom stereocenters. The molecule has 0 saturated carbocycles. The van der Waals surface area contributed by atoms with Gasteiger partial charge in [-0.2, -0.15) is 13.2 Å². The number of anilines is 1. The number of fused-ring (bicyclic) bond motifs is 1. The third-order valence-corrected chi connectivity index (χ3v) is 5.49. The Balaban J connectivity index is 1.94. The summed E-state index contributed by atoms with van der Waals surface area (Å²) in [5.74, 6) is 0.358. The van der Waals surface area contributed by atoms with Crippen LogP contribution in [0, 0.1) is 12.8 Å². The molecular formula is C23H25F3N4O. The lowest BCUT2D eigenvalue weighted by atomic mass is 10.0. The second-order valence-corrected chi connectivity index (χ2v) is 8.05. The molecule has 0 fully saturated rings. The van der Waals surface area contributed by atoms with Gasteiger partial charge in [-0.15, -0.1) is 0 Å². The Morgan fingerprint density at radius 3 is 2.42 bits per heavy atom. The molecule has 1 amide bonds. The lowest BCUT2D eigenvalue weighted by molar-refractivity contribution is -0.137. The van der Waals surface area contributed by atoms with Crippen molar-refractivity contribution < 1.29 is 18.0 Å². The van der Waals surface area contributed by atoms with Gasteiger partial charge in [0.1, 0.15) is 5.82 Å². The number of hydrogen-bond acceptors (Lipinski definition) is 4. The molecule has 0 aliphatic carbocycles. The average molecular weight is 430 g/mol. The molecule has 8 heteroatoms. The van der Waals surface area contributed by atoms with Crippen LogP contribution in [0.3, 0.4) is 0 Å². The van der Waals surface area contributed by atoms with E-state index in [1.54, 1.807) is 23.1 Å². The number of aryl methyl sites for hydroxylation is 1. The molecule has 1 aromatic carbocycles. The Morgan fingerprint density at radius 1 is 1.13 bits per heavy atom. The largest absolute Gasteiger partial charge is 0.417 e. The molecule has 164 valence electrons. The Morgan fingerprint density at radius 2 is 1.84 bits per heavy atom. The molecule has 31 heavy (non-hydrogen) atoms. The van der Waals surface area contributed by atoms with Gasteiger partial charge < -0.3 is 10.6 Å². The molecule has 0 aliphatic heterocycles. The minimum absolute atomic E-state index is 0.105. The maximum atomic E-state index is 13.4. The second-order valence-electron chi connectivity index (χ2n) is 8.05. The predicted molar refractivity (Wildman–Crippen MR) is 114 cm³/mol. The average Bonchev–Trinajstić information content (AvgIpc) is 2.71. The normalized spacial score (nSPS) is 12.9. The minimum atomic E-state index is -4.45. The SMILES string of the molecule is Cc1cc2cc(C(=O)N(Cc3ccc(C(F)(F)F)cn3)[C@@H](C)C(C)C)ccc2nc1N. The summed E-state index contributed by atoms with van der Waals surface area (Å²) in [6.07, 6.45) is -3.65. The summed E-state index contributed by atoms with van der Waals surface area (Å²) in [4.78, 5) is 23.3. The summed E-state index contributed by atoms with van der Waals surface area (Å²) in [5, 5.41) is 0.794. The highest BCUT2D eigenvalue weighted by Gasteiger charge is 2.31. The van der Waals surface area contributed by atoms with Crippen LogP contribution < -0.4 is 5.73 Å². The number of nitrogen functional groups attached to an aromatic ring is 1. The number of amides is 1. The lowest BCUT2D eigenvalue weighted by Gasteiger charge is -2.32. The molecule has 2 N–H and O–H groups in total. The predicted octanol–water partition coefficient (Wildman–Crippen LogP) is 5.23. The van der Waals surface area contributed by atoms with Crippen LogP contribution >= 0.6 is 0 Å². The fourth-order valence-electron chi connectivity index (χ4n) is 3.22. The first-order chi connectivity index (χ1) is 14.5. The zero-order chi connectivity index (χ0) is 22.9. The van der Waals surface area contributed by atoms with Crippen LogP contribution in [0.15, 0.2) is 42.6 Å². The molecule has 1 atom stereocenters. The van der Waals surface area contributed by atoms with Crippen molar-refractivity contribution in [2.24, 2.45) is 5.92 Å². The zero-order valence-electron chi connectivity index (χ0n) is 17.9. The van der Waals surface area contributed by atoms with E-state index in [1.165, 1.54) is 6.07 Å². The minimum Gasteiger partial charge on any atom is -0.383 e. The Hall–Kier alpha value is -3.16. The molecule has 0 aliphatic rings. The van der Waals surface area contributed by atoms with Crippen molar-refractivity contribution in [3.8, 4) is 0 Å². The fourth-order valence-corrected chi connectivity index (χ4v) is 3.22. The molecule has 0 bridgehead atoms. The number of alkyl halides is 3. The number of pyridine rings is 2. The van der Waals surface area contributed by atoms with E-state index in [0.29, 0.717) is 22.6 Å². The van der Waals surface area contributed by atoms with Crippen molar-refractivity contribution in [1.29, 1.82) is 0 Å². The van der Waals surface area contributed by atoms with Gasteiger partial charge in [-0.1, -0.05) is 13.8 Å². The van der Waals surface area contributed by atoms with Gasteiger partial charge in [0.25, 0.3) is 5.91 Å². The quantitative estimate of drug-likeness (QED) is 0.602. The molecule has 2 heterocycles. The smallest absolute Gasteiger partial charge is 0.383 e. The number of carbonyl (C=O) groups is 1. The van der Waals surface area contributed by atoms with E-state index in [9.17, 15) is 18.0 Å². The van der Waals surface area contributed by atoms with Crippen LogP contribution in [0.2, 0.25) is 0 Å². The summed E-state index contributed by atoms with van der Waals surface area (Å²) in [5.41, 5.74) is 7.41. The van der Waals surface area contributed by atoms with Gasteiger partial charge in [0, 0.05) is 23.2 Å². The maximum Gasteiger partial charge on any atom is 0.417 e. The Labute approximate surface area is 179 Å². The van der Waals surface area contributed by atoms with Crippen molar-refractivity contribution in [2.45, 2.75) is 46.5 Å². The third kappa shape index (κ3) is 4.95. The first kappa shape index (κ1) is 22.5. The number of aromatic nitrogens is 2. The van der Waals surface area contributed by atoms with E-state index in [0.717, 1.165) is 23.2 Å². The van der Waals surface area contributed by atoms with Gasteiger partial charge in [0.15, 0.2) is 0 Å². The Kier molecular flexibility index (Phi) is 6.20. The van der Waals surface area contributed by atoms with Gasteiger partial charge in [0.2, 0.25) is 0 Å². The molecule has 0 radical (unpaired) electrons. The Bertz CT molecular complexity index is 1090. The third-order valence-electron chi connectivity index (χ3n) is 5.49. The number of benzene rings is 1. The maximum absolute atomic E-state index is 13.4. The number of carbonyl (C=O) groups excluding carboxylic acids is 1. The number of nitrogens with zero attached hydrogens (tertiary/aromatic N) is 3. The number of hydrogen-bond donors (Lipinski definition) is 1. The van der Waals surface area contributed by atoms with Crippen LogP contribution in [-0.4, -0.2) is 26.8 Å². The molecule has 0 spiro atoms. The number of nitrogens with two attached hydrogens (primary N) is 1. The van der Waals surface area contributed by atoms with E-state index in [2.05, 4.69) is 9.97 Å². The van der Waals surface area contributed by atoms with Crippen molar-refractivity contribution in [3.63, 3.8) is 0 Å². The van der Waals surface area contributed by atoms with E-state index >= 15 is 0 Å². The van der Waals surface area contributed by atoms with Gasteiger partial charge in [-0.3, -0.25) is 9.78 Å². The standard InChI is InChI=1S/C23H25F3N4O/c1-13(2)15(4)30(12-19-7-6-18(11-28-19)23(24,25)26)22(31)16-5-8-20-17(10-16)9-14(3)21(27)29-20/h5-11,13,15H,12H2,1-4H3,(H2,27,29)/t15-/m0/s1. The first-order valence-electron chi connectivity index (χ1n) is 9.97.